The van der Waals surface area contributed by atoms with Gasteiger partial charge in [0.2, 0.25) is 5.91 Å². The van der Waals surface area contributed by atoms with Gasteiger partial charge in [-0.05, 0) is 24.6 Å². The molecule has 0 spiro atoms. The number of halogens is 1. The Morgan fingerprint density at radius 2 is 2.20 bits per heavy atom. The third kappa shape index (κ3) is 1.47. The van der Waals surface area contributed by atoms with E-state index in [9.17, 15) is 9.59 Å². The van der Waals surface area contributed by atoms with Crippen molar-refractivity contribution in [2.24, 2.45) is 0 Å². The molecule has 1 aliphatic rings. The van der Waals surface area contributed by atoms with Crippen LogP contribution in [0.5, 0.6) is 0 Å². The summed E-state index contributed by atoms with van der Waals surface area (Å²) in [7, 11) is 0. The molecule has 5 heteroatoms. The highest BCUT2D eigenvalue weighted by atomic mass is 35.5. The van der Waals surface area contributed by atoms with Gasteiger partial charge in [-0.2, -0.15) is 0 Å². The smallest absolute Gasteiger partial charge is 0.337 e. The average Bonchev–Trinajstić information content (AvgIpc) is 2.43. The second-order valence-corrected chi connectivity index (χ2v) is 3.87. The maximum Gasteiger partial charge on any atom is 0.337 e. The molecule has 1 aliphatic heterocycles. The van der Waals surface area contributed by atoms with Crippen LogP contribution in [-0.2, 0) is 4.79 Å². The molecule has 0 radical (unpaired) electrons. The third-order valence-corrected chi connectivity index (χ3v) is 2.69. The topological polar surface area (TPSA) is 66.4 Å². The second kappa shape index (κ2) is 3.24. The quantitative estimate of drug-likeness (QED) is 0.769. The van der Waals surface area contributed by atoms with E-state index in [1.165, 1.54) is 6.07 Å². The van der Waals surface area contributed by atoms with Gasteiger partial charge in [-0.15, -0.1) is 0 Å². The summed E-state index contributed by atoms with van der Waals surface area (Å²) in [5.41, 5.74) is 1.05. The number of rotatable bonds is 1. The first-order valence-corrected chi connectivity index (χ1v) is 4.76. The van der Waals surface area contributed by atoms with Crippen LogP contribution in [0.1, 0.15) is 28.8 Å². The van der Waals surface area contributed by atoms with Gasteiger partial charge < -0.3 is 10.4 Å². The molecule has 0 fully saturated rings. The first kappa shape index (κ1) is 9.98. The zero-order valence-corrected chi connectivity index (χ0v) is 8.63. The molecule has 0 aliphatic carbocycles. The predicted octanol–water partition coefficient (Wildman–Crippen LogP) is 2.09. The normalized spacial score (nSPS) is 18.5. The molecule has 2 rings (SSSR count). The number of anilines is 1. The van der Waals surface area contributed by atoms with Crippen LogP contribution in [0.2, 0.25) is 5.02 Å². The van der Waals surface area contributed by atoms with Crippen LogP contribution in [-0.4, -0.2) is 17.0 Å². The van der Waals surface area contributed by atoms with Crippen LogP contribution >= 0.6 is 11.6 Å². The Labute approximate surface area is 90.9 Å². The first-order chi connectivity index (χ1) is 7.00. The molecule has 4 nitrogen and oxygen atoms in total. The number of carbonyl (C=O) groups excluding carboxylic acids is 1. The minimum absolute atomic E-state index is 0.0372. The Morgan fingerprint density at radius 1 is 1.53 bits per heavy atom. The van der Waals surface area contributed by atoms with Crippen molar-refractivity contribution in [1.82, 2.24) is 0 Å². The highest BCUT2D eigenvalue weighted by Gasteiger charge is 2.30. The van der Waals surface area contributed by atoms with Crippen molar-refractivity contribution in [3.8, 4) is 0 Å². The molecule has 0 bridgehead atoms. The number of nitrogens with one attached hydrogen (secondary N) is 1. The van der Waals surface area contributed by atoms with Gasteiger partial charge in [0.25, 0.3) is 0 Å². The fourth-order valence-electron chi connectivity index (χ4n) is 1.65. The maximum atomic E-state index is 11.4. The van der Waals surface area contributed by atoms with E-state index in [2.05, 4.69) is 5.32 Å². The molecule has 1 amide bonds. The molecule has 78 valence electrons. The van der Waals surface area contributed by atoms with Gasteiger partial charge in [0.05, 0.1) is 17.2 Å². The van der Waals surface area contributed by atoms with Crippen molar-refractivity contribution in [3.05, 3.63) is 28.3 Å². The highest BCUT2D eigenvalue weighted by molar-refractivity contribution is 6.31. The molecule has 1 atom stereocenters. The van der Waals surface area contributed by atoms with Crippen molar-refractivity contribution < 1.29 is 14.7 Å². The van der Waals surface area contributed by atoms with Crippen LogP contribution < -0.4 is 5.32 Å². The lowest BCUT2D eigenvalue weighted by molar-refractivity contribution is -0.116. The Bertz CT molecular complexity index is 470. The van der Waals surface area contributed by atoms with Crippen molar-refractivity contribution in [1.29, 1.82) is 0 Å². The number of benzene rings is 1. The summed E-state index contributed by atoms with van der Waals surface area (Å²) in [5, 5.41) is 11.8. The summed E-state index contributed by atoms with van der Waals surface area (Å²) in [6, 6.07) is 2.95. The highest BCUT2D eigenvalue weighted by Crippen LogP contribution is 2.37. The molecule has 1 aromatic carbocycles. The number of hydrogen-bond donors (Lipinski definition) is 2. The lowest BCUT2D eigenvalue weighted by Crippen LogP contribution is -2.09. The van der Waals surface area contributed by atoms with Gasteiger partial charge in [-0.3, -0.25) is 4.79 Å². The predicted molar refractivity (Wildman–Crippen MR) is 55.5 cm³/mol. The number of fused-ring (bicyclic) bond motifs is 1. The number of hydrogen-bond acceptors (Lipinski definition) is 2. The Kier molecular flexibility index (Phi) is 2.16. The lowest BCUT2D eigenvalue weighted by atomic mass is 10.0. The van der Waals surface area contributed by atoms with Gasteiger partial charge in [-0.25, -0.2) is 4.79 Å². The van der Waals surface area contributed by atoms with Crippen molar-refractivity contribution in [2.45, 2.75) is 12.8 Å². The Hall–Kier alpha value is -1.55. The molecule has 1 heterocycles. The van der Waals surface area contributed by atoms with Gasteiger partial charge in [-0.1, -0.05) is 11.6 Å². The van der Waals surface area contributed by atoms with Gasteiger partial charge in [0, 0.05) is 5.02 Å². The van der Waals surface area contributed by atoms with E-state index in [4.69, 9.17) is 16.7 Å². The molecule has 0 aromatic heterocycles. The summed E-state index contributed by atoms with van der Waals surface area (Å²) in [6.45, 7) is 1.71. The zero-order valence-electron chi connectivity index (χ0n) is 7.87. The largest absolute Gasteiger partial charge is 0.478 e. The van der Waals surface area contributed by atoms with E-state index in [0.717, 1.165) is 0 Å². The average molecular weight is 226 g/mol. The van der Waals surface area contributed by atoms with Crippen molar-refractivity contribution in [2.75, 3.05) is 5.32 Å². The number of aromatic carboxylic acids is 1. The molecular formula is C10H8ClNO3. The number of carbonyl (C=O) groups is 2. The van der Waals surface area contributed by atoms with E-state index >= 15 is 0 Å². The van der Waals surface area contributed by atoms with Crippen LogP contribution in [0.4, 0.5) is 5.69 Å². The number of carboxylic acids is 1. The van der Waals surface area contributed by atoms with Crippen LogP contribution in [0.15, 0.2) is 12.1 Å². The first-order valence-electron chi connectivity index (χ1n) is 4.38. The van der Waals surface area contributed by atoms with Gasteiger partial charge >= 0.3 is 5.97 Å². The minimum Gasteiger partial charge on any atom is -0.478 e. The third-order valence-electron chi connectivity index (χ3n) is 2.47. The molecule has 15 heavy (non-hydrogen) atoms. The summed E-state index contributed by atoms with van der Waals surface area (Å²) in [6.07, 6.45) is 0. The molecule has 0 saturated carbocycles. The van der Waals surface area contributed by atoms with Gasteiger partial charge in [0.1, 0.15) is 0 Å². The van der Waals surface area contributed by atoms with E-state index in [1.54, 1.807) is 13.0 Å². The monoisotopic (exact) mass is 225 g/mol. The van der Waals surface area contributed by atoms with E-state index < -0.39 is 5.97 Å². The molecule has 1 unspecified atom stereocenters. The minimum atomic E-state index is -1.09. The van der Waals surface area contributed by atoms with Crippen molar-refractivity contribution in [3.63, 3.8) is 0 Å². The molecule has 2 N–H and O–H groups in total. The van der Waals surface area contributed by atoms with E-state index in [-0.39, 0.29) is 17.4 Å². The van der Waals surface area contributed by atoms with E-state index in [0.29, 0.717) is 16.3 Å². The summed E-state index contributed by atoms with van der Waals surface area (Å²) < 4.78 is 0. The van der Waals surface area contributed by atoms with Crippen LogP contribution in [0.3, 0.4) is 0 Å². The fourth-order valence-corrected chi connectivity index (χ4v) is 1.88. The standard InChI is InChI=1S/C10H8ClNO3/c1-4-6-2-5(11)3-7(10(14)15)8(6)12-9(4)13/h2-4H,1H3,(H,12,13)(H,14,15). The Balaban J connectivity index is 2.67. The summed E-state index contributed by atoms with van der Waals surface area (Å²) in [4.78, 5) is 22.3. The molecule has 0 saturated heterocycles. The molecule has 1 aromatic rings. The van der Waals surface area contributed by atoms with Gasteiger partial charge in [0.15, 0.2) is 0 Å². The van der Waals surface area contributed by atoms with Crippen LogP contribution in [0, 0.1) is 0 Å². The summed E-state index contributed by atoms with van der Waals surface area (Å²) in [5.74, 6) is -1.64. The SMILES string of the molecule is CC1C(=O)Nc2c(C(=O)O)cc(Cl)cc21. The number of amides is 1. The lowest BCUT2D eigenvalue weighted by Gasteiger charge is -2.05. The summed E-state index contributed by atoms with van der Waals surface area (Å²) >= 11 is 5.78. The molecular weight excluding hydrogens is 218 g/mol. The Morgan fingerprint density at radius 3 is 2.80 bits per heavy atom. The zero-order chi connectivity index (χ0) is 11.2. The van der Waals surface area contributed by atoms with E-state index in [1.807, 2.05) is 0 Å². The number of carboxylic acid groups (broad SMARTS) is 1. The second-order valence-electron chi connectivity index (χ2n) is 3.43. The van der Waals surface area contributed by atoms with Crippen molar-refractivity contribution >= 4 is 29.2 Å². The fraction of sp³-hybridized carbons (Fsp3) is 0.200. The van der Waals surface area contributed by atoms with Crippen LogP contribution in [0.25, 0.3) is 0 Å². The maximum absolute atomic E-state index is 11.4.